The zero-order valence-corrected chi connectivity index (χ0v) is 17.3. The molecular formula is C24H32FNO2. The maximum atomic E-state index is 13.1. The lowest BCUT2D eigenvalue weighted by Gasteiger charge is -2.47. The predicted octanol–water partition coefficient (Wildman–Crippen LogP) is 5.23. The highest BCUT2D eigenvalue weighted by Crippen LogP contribution is 2.47. The standard InChI is InChI=1S/C24H32FNO2/c1-4-23(2)18-24(14-16-28-23,21-7-5-6-8-22(21)27-3)13-15-26-17-19-9-11-20(25)12-10-19/h5-12,26H,4,13-18H2,1-3H3/t23?,24-/m1/s1. The molecule has 3 nitrogen and oxygen atoms in total. The molecule has 2 atom stereocenters. The summed E-state index contributed by atoms with van der Waals surface area (Å²) in [5.74, 6) is 0.765. The molecule has 28 heavy (non-hydrogen) atoms. The Balaban J connectivity index is 1.76. The Labute approximate surface area is 168 Å². The van der Waals surface area contributed by atoms with Crippen LogP contribution in [-0.4, -0.2) is 25.9 Å². The predicted molar refractivity (Wildman–Crippen MR) is 111 cm³/mol. The molecule has 1 unspecified atom stereocenters. The normalized spacial score (nSPS) is 24.9. The van der Waals surface area contributed by atoms with Gasteiger partial charge in [-0.1, -0.05) is 37.3 Å². The van der Waals surface area contributed by atoms with Crippen LogP contribution in [0.1, 0.15) is 50.7 Å². The lowest BCUT2D eigenvalue weighted by molar-refractivity contribution is -0.0982. The number of hydrogen-bond acceptors (Lipinski definition) is 3. The molecular weight excluding hydrogens is 353 g/mol. The van der Waals surface area contributed by atoms with Crippen LogP contribution in [0.4, 0.5) is 4.39 Å². The fourth-order valence-electron chi connectivity index (χ4n) is 4.40. The summed E-state index contributed by atoms with van der Waals surface area (Å²) in [7, 11) is 1.75. The highest BCUT2D eigenvalue weighted by atomic mass is 19.1. The van der Waals surface area contributed by atoms with Crippen molar-refractivity contribution in [2.45, 2.75) is 57.1 Å². The van der Waals surface area contributed by atoms with Crippen molar-refractivity contribution in [3.8, 4) is 5.75 Å². The summed E-state index contributed by atoms with van der Waals surface area (Å²) in [6, 6.07) is 15.1. The van der Waals surface area contributed by atoms with Gasteiger partial charge in [0.25, 0.3) is 0 Å². The number of methoxy groups -OCH3 is 1. The Morgan fingerprint density at radius 2 is 1.89 bits per heavy atom. The molecule has 0 saturated carbocycles. The van der Waals surface area contributed by atoms with Gasteiger partial charge in [0, 0.05) is 24.1 Å². The van der Waals surface area contributed by atoms with E-state index in [1.165, 1.54) is 17.7 Å². The summed E-state index contributed by atoms with van der Waals surface area (Å²) >= 11 is 0. The fraction of sp³-hybridized carbons (Fsp3) is 0.500. The quantitative estimate of drug-likeness (QED) is 0.631. The monoisotopic (exact) mass is 385 g/mol. The summed E-state index contributed by atoms with van der Waals surface area (Å²) in [5.41, 5.74) is 2.28. The molecule has 1 aliphatic rings. The van der Waals surface area contributed by atoms with Gasteiger partial charge in [-0.25, -0.2) is 4.39 Å². The number of nitrogens with one attached hydrogen (secondary N) is 1. The van der Waals surface area contributed by atoms with Gasteiger partial charge in [-0.2, -0.15) is 0 Å². The molecule has 0 spiro atoms. The van der Waals surface area contributed by atoms with Gasteiger partial charge in [0.05, 0.1) is 12.7 Å². The summed E-state index contributed by atoms with van der Waals surface area (Å²) < 4.78 is 25.0. The molecule has 0 bridgehead atoms. The van der Waals surface area contributed by atoms with Gasteiger partial charge in [-0.05, 0) is 62.9 Å². The zero-order valence-electron chi connectivity index (χ0n) is 17.3. The highest BCUT2D eigenvalue weighted by Gasteiger charge is 2.44. The molecule has 4 heteroatoms. The van der Waals surface area contributed by atoms with Gasteiger partial charge in [-0.15, -0.1) is 0 Å². The third-order valence-corrected chi connectivity index (χ3v) is 6.19. The van der Waals surface area contributed by atoms with E-state index in [0.717, 1.165) is 56.7 Å². The molecule has 1 heterocycles. The topological polar surface area (TPSA) is 30.5 Å². The van der Waals surface area contributed by atoms with Gasteiger partial charge >= 0.3 is 0 Å². The lowest BCUT2D eigenvalue weighted by Crippen LogP contribution is -2.46. The van der Waals surface area contributed by atoms with E-state index in [9.17, 15) is 4.39 Å². The van der Waals surface area contributed by atoms with E-state index >= 15 is 0 Å². The Hall–Kier alpha value is -1.91. The summed E-state index contributed by atoms with van der Waals surface area (Å²) in [5, 5.41) is 3.54. The first kappa shape index (κ1) is 20.8. The highest BCUT2D eigenvalue weighted by molar-refractivity contribution is 5.40. The van der Waals surface area contributed by atoms with Crippen LogP contribution in [-0.2, 0) is 16.7 Å². The molecule has 1 saturated heterocycles. The third-order valence-electron chi connectivity index (χ3n) is 6.19. The first-order chi connectivity index (χ1) is 13.5. The van der Waals surface area contributed by atoms with E-state index in [1.807, 2.05) is 18.2 Å². The van der Waals surface area contributed by atoms with Gasteiger partial charge in [0.15, 0.2) is 0 Å². The van der Waals surface area contributed by atoms with Gasteiger partial charge in [0.2, 0.25) is 0 Å². The second-order valence-electron chi connectivity index (χ2n) is 8.11. The van der Waals surface area contributed by atoms with Gasteiger partial charge < -0.3 is 14.8 Å². The second-order valence-corrected chi connectivity index (χ2v) is 8.11. The second kappa shape index (κ2) is 9.06. The average molecular weight is 386 g/mol. The van der Waals surface area contributed by atoms with Crippen LogP contribution < -0.4 is 10.1 Å². The zero-order chi connectivity index (χ0) is 20.0. The van der Waals surface area contributed by atoms with Crippen molar-refractivity contribution < 1.29 is 13.9 Å². The SMILES string of the molecule is CCC1(C)C[C@](CCNCc2ccc(F)cc2)(c2ccccc2OC)CCO1. The molecule has 0 amide bonds. The molecule has 0 aromatic heterocycles. The van der Waals surface area contributed by atoms with Gasteiger partial charge in [0.1, 0.15) is 11.6 Å². The minimum Gasteiger partial charge on any atom is -0.496 e. The number of benzene rings is 2. The molecule has 2 aromatic carbocycles. The first-order valence-electron chi connectivity index (χ1n) is 10.2. The number of halogens is 1. The van der Waals surface area contributed by atoms with Crippen molar-refractivity contribution >= 4 is 0 Å². The van der Waals surface area contributed by atoms with E-state index in [1.54, 1.807) is 7.11 Å². The molecule has 2 aromatic rings. The summed E-state index contributed by atoms with van der Waals surface area (Å²) in [6.07, 6.45) is 3.97. The first-order valence-corrected chi connectivity index (χ1v) is 10.2. The van der Waals surface area contributed by atoms with Crippen LogP contribution in [0.15, 0.2) is 48.5 Å². The van der Waals surface area contributed by atoms with E-state index in [-0.39, 0.29) is 16.8 Å². The Bertz CT molecular complexity index is 763. The molecule has 0 radical (unpaired) electrons. The Morgan fingerprint density at radius 3 is 2.61 bits per heavy atom. The maximum Gasteiger partial charge on any atom is 0.123 e. The van der Waals surface area contributed by atoms with Crippen molar-refractivity contribution in [2.75, 3.05) is 20.3 Å². The summed E-state index contributed by atoms with van der Waals surface area (Å²) in [4.78, 5) is 0. The average Bonchev–Trinajstić information content (AvgIpc) is 2.72. The van der Waals surface area contributed by atoms with Crippen molar-refractivity contribution in [3.05, 3.63) is 65.5 Å². The smallest absolute Gasteiger partial charge is 0.123 e. The number of hydrogen-bond donors (Lipinski definition) is 1. The number of para-hydroxylation sites is 1. The molecule has 3 rings (SSSR count). The number of ether oxygens (including phenoxy) is 2. The van der Waals surface area contributed by atoms with Crippen molar-refractivity contribution in [1.29, 1.82) is 0 Å². The third kappa shape index (κ3) is 4.73. The molecule has 152 valence electrons. The van der Waals surface area contributed by atoms with Crippen molar-refractivity contribution in [1.82, 2.24) is 5.32 Å². The lowest BCUT2D eigenvalue weighted by atomic mass is 9.66. The van der Waals surface area contributed by atoms with E-state index in [4.69, 9.17) is 9.47 Å². The summed E-state index contributed by atoms with van der Waals surface area (Å²) in [6.45, 7) is 6.81. The fourth-order valence-corrected chi connectivity index (χ4v) is 4.40. The van der Waals surface area contributed by atoms with Crippen LogP contribution in [0.5, 0.6) is 5.75 Å². The maximum absolute atomic E-state index is 13.1. The van der Waals surface area contributed by atoms with Crippen molar-refractivity contribution in [3.63, 3.8) is 0 Å². The molecule has 1 N–H and O–H groups in total. The van der Waals surface area contributed by atoms with Gasteiger partial charge in [-0.3, -0.25) is 0 Å². The molecule has 1 aliphatic heterocycles. The van der Waals surface area contributed by atoms with E-state index < -0.39 is 0 Å². The minimum atomic E-state index is -0.195. The van der Waals surface area contributed by atoms with E-state index in [0.29, 0.717) is 0 Å². The van der Waals surface area contributed by atoms with Crippen LogP contribution in [0, 0.1) is 5.82 Å². The van der Waals surface area contributed by atoms with Crippen LogP contribution >= 0.6 is 0 Å². The van der Waals surface area contributed by atoms with Crippen LogP contribution in [0.25, 0.3) is 0 Å². The molecule has 1 fully saturated rings. The molecule has 0 aliphatic carbocycles. The van der Waals surface area contributed by atoms with Crippen LogP contribution in [0.2, 0.25) is 0 Å². The minimum absolute atomic E-state index is 0.0193. The Morgan fingerprint density at radius 1 is 1.14 bits per heavy atom. The largest absolute Gasteiger partial charge is 0.496 e. The van der Waals surface area contributed by atoms with Crippen molar-refractivity contribution in [2.24, 2.45) is 0 Å². The van der Waals surface area contributed by atoms with Crippen LogP contribution in [0.3, 0.4) is 0 Å². The Kier molecular flexibility index (Phi) is 6.73. The number of rotatable bonds is 8. The van der Waals surface area contributed by atoms with E-state index in [2.05, 4.69) is 37.4 Å².